The number of rotatable bonds is 4. The van der Waals surface area contributed by atoms with Gasteiger partial charge in [0.1, 0.15) is 5.56 Å². The Labute approximate surface area is 116 Å². The quantitative estimate of drug-likeness (QED) is 0.779. The number of carbonyl (C=O) groups is 1. The molecule has 2 rings (SSSR count). The fourth-order valence-electron chi connectivity index (χ4n) is 1.87. The van der Waals surface area contributed by atoms with Crippen molar-refractivity contribution >= 4 is 5.91 Å². The van der Waals surface area contributed by atoms with Gasteiger partial charge in [-0.15, -0.1) is 0 Å². The molecular formula is C15H16N2O3. The fourth-order valence-corrected chi connectivity index (χ4v) is 1.87. The largest absolute Gasteiger partial charge is 0.392 e. The molecule has 0 aliphatic heterocycles. The minimum absolute atomic E-state index is 0.0422. The summed E-state index contributed by atoms with van der Waals surface area (Å²) in [5.74, 6) is -0.416. The van der Waals surface area contributed by atoms with Crippen molar-refractivity contribution in [2.24, 2.45) is 0 Å². The first-order valence-electron chi connectivity index (χ1n) is 6.26. The number of aryl methyl sites for hydroxylation is 1. The van der Waals surface area contributed by atoms with Crippen LogP contribution in [0.2, 0.25) is 0 Å². The van der Waals surface area contributed by atoms with Crippen molar-refractivity contribution in [1.82, 2.24) is 10.3 Å². The van der Waals surface area contributed by atoms with E-state index in [4.69, 9.17) is 5.11 Å². The lowest BCUT2D eigenvalue weighted by Gasteiger charge is -2.06. The van der Waals surface area contributed by atoms with Crippen molar-refractivity contribution in [2.45, 2.75) is 20.1 Å². The minimum atomic E-state index is -0.416. The van der Waals surface area contributed by atoms with Gasteiger partial charge in [0.25, 0.3) is 5.91 Å². The Bertz CT molecular complexity index is 677. The number of hydrogen-bond donors (Lipinski definition) is 3. The summed E-state index contributed by atoms with van der Waals surface area (Å²) in [5, 5.41) is 11.7. The van der Waals surface area contributed by atoms with Crippen molar-refractivity contribution in [1.29, 1.82) is 0 Å². The number of nitrogens with one attached hydrogen (secondary N) is 2. The third kappa shape index (κ3) is 3.33. The first-order chi connectivity index (χ1) is 9.60. The van der Waals surface area contributed by atoms with E-state index in [1.165, 1.54) is 12.3 Å². The Balaban J connectivity index is 2.06. The first-order valence-corrected chi connectivity index (χ1v) is 6.26. The standard InChI is InChI=1S/C15H16N2O3/c1-10-5-14(19)13(8-16-10)15(20)17-7-11-3-2-4-12(6-11)9-18/h2-6,8,18H,7,9H2,1H3,(H,16,19)(H,17,20). The Hall–Kier alpha value is -2.40. The van der Waals surface area contributed by atoms with Gasteiger partial charge >= 0.3 is 0 Å². The van der Waals surface area contributed by atoms with E-state index in [-0.39, 0.29) is 17.6 Å². The molecule has 20 heavy (non-hydrogen) atoms. The van der Waals surface area contributed by atoms with Gasteiger partial charge in [-0.3, -0.25) is 9.59 Å². The molecule has 3 N–H and O–H groups in total. The molecule has 0 unspecified atom stereocenters. The number of pyridine rings is 1. The van der Waals surface area contributed by atoms with Crippen LogP contribution in [0.15, 0.2) is 41.3 Å². The Morgan fingerprint density at radius 3 is 2.75 bits per heavy atom. The zero-order valence-electron chi connectivity index (χ0n) is 11.1. The van der Waals surface area contributed by atoms with Crippen molar-refractivity contribution in [3.05, 3.63) is 69.1 Å². The summed E-state index contributed by atoms with van der Waals surface area (Å²) in [4.78, 5) is 26.4. The molecule has 104 valence electrons. The first kappa shape index (κ1) is 14.0. The summed E-state index contributed by atoms with van der Waals surface area (Å²) in [6.07, 6.45) is 1.41. The molecule has 0 spiro atoms. The van der Waals surface area contributed by atoms with Gasteiger partial charge in [0.15, 0.2) is 5.43 Å². The number of aliphatic hydroxyl groups excluding tert-OH is 1. The summed E-state index contributed by atoms with van der Waals surface area (Å²) >= 11 is 0. The van der Waals surface area contributed by atoms with E-state index in [9.17, 15) is 9.59 Å². The van der Waals surface area contributed by atoms with Crippen molar-refractivity contribution in [3.63, 3.8) is 0 Å². The van der Waals surface area contributed by atoms with Crippen LogP contribution in [-0.4, -0.2) is 16.0 Å². The van der Waals surface area contributed by atoms with Gasteiger partial charge in [-0.25, -0.2) is 0 Å². The number of benzene rings is 1. The van der Waals surface area contributed by atoms with Crippen LogP contribution in [0.5, 0.6) is 0 Å². The molecule has 1 amide bonds. The Kier molecular flexibility index (Phi) is 4.32. The minimum Gasteiger partial charge on any atom is -0.392 e. The maximum Gasteiger partial charge on any atom is 0.257 e. The van der Waals surface area contributed by atoms with Crippen molar-refractivity contribution < 1.29 is 9.90 Å². The van der Waals surface area contributed by atoms with Crippen LogP contribution in [0.25, 0.3) is 0 Å². The lowest BCUT2D eigenvalue weighted by molar-refractivity contribution is 0.0949. The molecule has 5 nitrogen and oxygen atoms in total. The van der Waals surface area contributed by atoms with Gasteiger partial charge in [-0.1, -0.05) is 24.3 Å². The SMILES string of the molecule is Cc1cc(=O)c(C(=O)NCc2cccc(CO)c2)c[nH]1. The number of amides is 1. The molecule has 0 atom stereocenters. The zero-order valence-corrected chi connectivity index (χ0v) is 11.1. The van der Waals surface area contributed by atoms with E-state index in [1.54, 1.807) is 19.1 Å². The smallest absolute Gasteiger partial charge is 0.257 e. The summed E-state index contributed by atoms with van der Waals surface area (Å²) < 4.78 is 0. The number of hydrogen-bond acceptors (Lipinski definition) is 3. The predicted octanol–water partition coefficient (Wildman–Crippen LogP) is 1.11. The van der Waals surface area contributed by atoms with Crippen LogP contribution in [0, 0.1) is 6.92 Å². The van der Waals surface area contributed by atoms with Crippen LogP contribution >= 0.6 is 0 Å². The predicted molar refractivity (Wildman–Crippen MR) is 75.3 cm³/mol. The number of aromatic nitrogens is 1. The van der Waals surface area contributed by atoms with E-state index < -0.39 is 5.91 Å². The highest BCUT2D eigenvalue weighted by Gasteiger charge is 2.09. The van der Waals surface area contributed by atoms with E-state index in [0.29, 0.717) is 12.2 Å². The summed E-state index contributed by atoms with van der Waals surface area (Å²) in [5.41, 5.74) is 2.15. The van der Waals surface area contributed by atoms with Crippen LogP contribution in [0.1, 0.15) is 27.2 Å². The van der Waals surface area contributed by atoms with Gasteiger partial charge in [0, 0.05) is 24.5 Å². The number of carbonyl (C=O) groups excluding carboxylic acids is 1. The second-order valence-corrected chi connectivity index (χ2v) is 4.55. The van der Waals surface area contributed by atoms with Gasteiger partial charge in [0.2, 0.25) is 0 Å². The molecule has 2 aromatic rings. The number of aliphatic hydroxyl groups is 1. The molecule has 0 aliphatic carbocycles. The van der Waals surface area contributed by atoms with Crippen LogP contribution in [0.4, 0.5) is 0 Å². The maximum absolute atomic E-state index is 11.9. The van der Waals surface area contributed by atoms with Crippen molar-refractivity contribution in [3.8, 4) is 0 Å². The Morgan fingerprint density at radius 2 is 2.05 bits per heavy atom. The molecule has 0 bridgehead atoms. The summed E-state index contributed by atoms with van der Waals surface area (Å²) in [6, 6.07) is 8.65. The average molecular weight is 272 g/mol. The van der Waals surface area contributed by atoms with Crippen molar-refractivity contribution in [2.75, 3.05) is 0 Å². The topological polar surface area (TPSA) is 82.2 Å². The highest BCUT2D eigenvalue weighted by atomic mass is 16.3. The van der Waals surface area contributed by atoms with Crippen LogP contribution < -0.4 is 10.7 Å². The van der Waals surface area contributed by atoms with Gasteiger partial charge in [-0.2, -0.15) is 0 Å². The van der Waals surface area contributed by atoms with Crippen LogP contribution in [-0.2, 0) is 13.2 Å². The van der Waals surface area contributed by atoms with E-state index in [2.05, 4.69) is 10.3 Å². The lowest BCUT2D eigenvalue weighted by Crippen LogP contribution is -2.28. The van der Waals surface area contributed by atoms with Gasteiger partial charge in [0.05, 0.1) is 6.61 Å². The molecule has 1 heterocycles. The molecule has 0 saturated heterocycles. The molecular weight excluding hydrogens is 256 g/mol. The summed E-state index contributed by atoms with van der Waals surface area (Å²) in [7, 11) is 0. The highest BCUT2D eigenvalue weighted by Crippen LogP contribution is 2.05. The Morgan fingerprint density at radius 1 is 1.30 bits per heavy atom. The van der Waals surface area contributed by atoms with Crippen LogP contribution in [0.3, 0.4) is 0 Å². The van der Waals surface area contributed by atoms with Gasteiger partial charge < -0.3 is 15.4 Å². The fraction of sp³-hybridized carbons (Fsp3) is 0.200. The van der Waals surface area contributed by atoms with E-state index >= 15 is 0 Å². The maximum atomic E-state index is 11.9. The third-order valence-corrected chi connectivity index (χ3v) is 2.93. The molecule has 1 aromatic heterocycles. The molecule has 1 aromatic carbocycles. The molecule has 5 heteroatoms. The van der Waals surface area contributed by atoms with Gasteiger partial charge in [-0.05, 0) is 18.1 Å². The van der Waals surface area contributed by atoms with E-state index in [0.717, 1.165) is 11.1 Å². The number of H-pyrrole nitrogens is 1. The zero-order chi connectivity index (χ0) is 14.5. The molecule has 0 radical (unpaired) electrons. The molecule has 0 fully saturated rings. The lowest BCUT2D eigenvalue weighted by atomic mass is 10.1. The highest BCUT2D eigenvalue weighted by molar-refractivity contribution is 5.93. The second-order valence-electron chi connectivity index (χ2n) is 4.55. The third-order valence-electron chi connectivity index (χ3n) is 2.93. The summed E-state index contributed by atoms with van der Waals surface area (Å²) in [6.45, 7) is 2.02. The average Bonchev–Trinajstić information content (AvgIpc) is 2.45. The number of aromatic amines is 1. The molecule has 0 aliphatic rings. The normalized spacial score (nSPS) is 10.3. The monoisotopic (exact) mass is 272 g/mol. The van der Waals surface area contributed by atoms with E-state index in [1.807, 2.05) is 12.1 Å². The second kappa shape index (κ2) is 6.16. The molecule has 0 saturated carbocycles.